The number of aliphatic hydroxyl groups is 1. The van der Waals surface area contributed by atoms with Crippen molar-refractivity contribution in [2.24, 2.45) is 5.92 Å². The van der Waals surface area contributed by atoms with Gasteiger partial charge in [0.25, 0.3) is 0 Å². The number of ether oxygens (including phenoxy) is 2. The molecule has 0 radical (unpaired) electrons. The molecular formula is C17H27F3O4. The summed E-state index contributed by atoms with van der Waals surface area (Å²) >= 11 is 0. The van der Waals surface area contributed by atoms with Gasteiger partial charge in [-0.05, 0) is 59.3 Å². The lowest BCUT2D eigenvalue weighted by Gasteiger charge is -2.40. The van der Waals surface area contributed by atoms with Gasteiger partial charge in [-0.25, -0.2) is 4.79 Å². The van der Waals surface area contributed by atoms with Gasteiger partial charge in [0.05, 0.1) is 12.2 Å². The first-order valence-corrected chi connectivity index (χ1v) is 8.06. The van der Waals surface area contributed by atoms with Gasteiger partial charge in [0, 0.05) is 5.57 Å². The normalized spacial score (nSPS) is 25.0. The van der Waals surface area contributed by atoms with Gasteiger partial charge in [-0.15, -0.1) is 0 Å². The van der Waals surface area contributed by atoms with Crippen LogP contribution in [0.1, 0.15) is 53.4 Å². The summed E-state index contributed by atoms with van der Waals surface area (Å²) in [6, 6.07) is 0. The molecule has 1 aliphatic carbocycles. The van der Waals surface area contributed by atoms with E-state index in [1.807, 2.05) is 0 Å². The number of hydrogen-bond donors (Lipinski definition) is 1. The molecule has 0 aromatic heterocycles. The van der Waals surface area contributed by atoms with Crippen LogP contribution >= 0.6 is 0 Å². The highest BCUT2D eigenvalue weighted by atomic mass is 19.4. The lowest BCUT2D eigenvalue weighted by Crippen LogP contribution is -2.49. The first-order valence-electron chi connectivity index (χ1n) is 8.06. The molecule has 0 bridgehead atoms. The Balaban J connectivity index is 2.53. The van der Waals surface area contributed by atoms with E-state index in [9.17, 15) is 23.1 Å². The zero-order valence-electron chi connectivity index (χ0n) is 14.7. The van der Waals surface area contributed by atoms with Crippen molar-refractivity contribution < 1.29 is 32.5 Å². The van der Waals surface area contributed by atoms with Crippen LogP contribution in [-0.2, 0) is 14.3 Å². The maximum Gasteiger partial charge on any atom is 0.419 e. The zero-order chi connectivity index (χ0) is 18.8. The minimum absolute atomic E-state index is 0.0290. The standard InChI is InChI=1S/C17H27F3O4/c1-11(2)14(21)24-13-8-6-12(7-9-13)15(3,4)23-10-16(5,22)17(18,19)20/h12-13,22H,1,6-10H2,2-5H3. The van der Waals surface area contributed by atoms with Gasteiger partial charge >= 0.3 is 12.1 Å². The molecular weight excluding hydrogens is 325 g/mol. The second-order valence-corrected chi connectivity index (χ2v) is 7.32. The fourth-order valence-corrected chi connectivity index (χ4v) is 2.65. The lowest BCUT2D eigenvalue weighted by atomic mass is 9.77. The topological polar surface area (TPSA) is 55.8 Å². The first kappa shape index (κ1) is 21.0. The summed E-state index contributed by atoms with van der Waals surface area (Å²) in [4.78, 5) is 11.5. The third-order valence-electron chi connectivity index (χ3n) is 4.62. The summed E-state index contributed by atoms with van der Waals surface area (Å²) in [6.45, 7) is 8.46. The first-order chi connectivity index (χ1) is 10.8. The van der Waals surface area contributed by atoms with E-state index < -0.39 is 30.0 Å². The Bertz CT molecular complexity index is 461. The smallest absolute Gasteiger partial charge is 0.419 e. The van der Waals surface area contributed by atoms with Crippen LogP contribution in [-0.4, -0.2) is 41.2 Å². The van der Waals surface area contributed by atoms with Crippen LogP contribution in [0.15, 0.2) is 12.2 Å². The van der Waals surface area contributed by atoms with Gasteiger partial charge in [-0.2, -0.15) is 13.2 Å². The van der Waals surface area contributed by atoms with E-state index in [1.165, 1.54) is 0 Å². The van der Waals surface area contributed by atoms with E-state index in [0.29, 0.717) is 38.2 Å². The van der Waals surface area contributed by atoms with Crippen molar-refractivity contribution in [1.82, 2.24) is 0 Å². The van der Waals surface area contributed by atoms with Gasteiger partial charge < -0.3 is 14.6 Å². The lowest BCUT2D eigenvalue weighted by molar-refractivity contribution is -0.278. The molecule has 7 heteroatoms. The van der Waals surface area contributed by atoms with Gasteiger partial charge in [0.15, 0.2) is 5.60 Å². The molecule has 1 atom stereocenters. The van der Waals surface area contributed by atoms with E-state index >= 15 is 0 Å². The second kappa shape index (κ2) is 7.44. The molecule has 140 valence electrons. The Hall–Kier alpha value is -1.08. The van der Waals surface area contributed by atoms with E-state index in [4.69, 9.17) is 9.47 Å². The minimum Gasteiger partial charge on any atom is -0.459 e. The molecule has 0 aromatic rings. The van der Waals surface area contributed by atoms with Gasteiger partial charge in [-0.1, -0.05) is 6.58 Å². The van der Waals surface area contributed by atoms with Crippen molar-refractivity contribution >= 4 is 5.97 Å². The fraction of sp³-hybridized carbons (Fsp3) is 0.824. The summed E-state index contributed by atoms with van der Waals surface area (Å²) in [6.07, 6.45) is -2.32. The van der Waals surface area contributed by atoms with E-state index in [0.717, 1.165) is 0 Å². The number of alkyl halides is 3. The number of halogens is 3. The molecule has 24 heavy (non-hydrogen) atoms. The number of rotatable bonds is 6. The van der Waals surface area contributed by atoms with Crippen molar-refractivity contribution in [3.05, 3.63) is 12.2 Å². The number of carbonyl (C=O) groups excluding carboxylic acids is 1. The highest BCUT2D eigenvalue weighted by Crippen LogP contribution is 2.38. The molecule has 1 N–H and O–H groups in total. The summed E-state index contributed by atoms with van der Waals surface area (Å²) in [5.74, 6) is -0.392. The molecule has 1 fully saturated rings. The van der Waals surface area contributed by atoms with E-state index in [1.54, 1.807) is 20.8 Å². The van der Waals surface area contributed by atoms with Gasteiger partial charge in [-0.3, -0.25) is 0 Å². The number of esters is 1. The Labute approximate surface area is 141 Å². The molecule has 4 nitrogen and oxygen atoms in total. The number of hydrogen-bond acceptors (Lipinski definition) is 4. The molecule has 0 amide bonds. The summed E-state index contributed by atoms with van der Waals surface area (Å²) < 4.78 is 48.8. The van der Waals surface area contributed by atoms with E-state index in [2.05, 4.69) is 6.58 Å². The molecule has 0 aliphatic heterocycles. The molecule has 0 aromatic carbocycles. The van der Waals surface area contributed by atoms with Gasteiger partial charge in [0.2, 0.25) is 0 Å². The zero-order valence-corrected chi connectivity index (χ0v) is 14.7. The molecule has 0 heterocycles. The van der Waals surface area contributed by atoms with Crippen LogP contribution in [0.2, 0.25) is 0 Å². The Morgan fingerprint density at radius 1 is 1.17 bits per heavy atom. The largest absolute Gasteiger partial charge is 0.459 e. The summed E-state index contributed by atoms with van der Waals surface area (Å²) in [5.41, 5.74) is -3.34. The average Bonchev–Trinajstić information content (AvgIpc) is 2.44. The van der Waals surface area contributed by atoms with Gasteiger partial charge in [0.1, 0.15) is 6.10 Å². The van der Waals surface area contributed by atoms with Crippen LogP contribution in [0.25, 0.3) is 0 Å². The fourth-order valence-electron chi connectivity index (χ4n) is 2.65. The predicted octanol–water partition coefficient (Wildman–Crippen LogP) is 3.77. The van der Waals surface area contributed by atoms with Crippen LogP contribution in [0.5, 0.6) is 0 Å². The molecule has 0 saturated heterocycles. The van der Waals surface area contributed by atoms with Crippen LogP contribution in [0.4, 0.5) is 13.2 Å². The maximum atomic E-state index is 12.7. The molecule has 1 aliphatic rings. The predicted molar refractivity (Wildman–Crippen MR) is 83.4 cm³/mol. The third kappa shape index (κ3) is 5.48. The maximum absolute atomic E-state index is 12.7. The molecule has 1 unspecified atom stereocenters. The number of carbonyl (C=O) groups is 1. The Kier molecular flexibility index (Phi) is 6.49. The van der Waals surface area contributed by atoms with Crippen molar-refractivity contribution in [3.8, 4) is 0 Å². The molecule has 1 saturated carbocycles. The third-order valence-corrected chi connectivity index (χ3v) is 4.62. The highest BCUT2D eigenvalue weighted by Gasteiger charge is 2.51. The van der Waals surface area contributed by atoms with Crippen LogP contribution in [0, 0.1) is 5.92 Å². The van der Waals surface area contributed by atoms with Crippen LogP contribution in [0.3, 0.4) is 0 Å². The van der Waals surface area contributed by atoms with Crippen LogP contribution < -0.4 is 0 Å². The quantitative estimate of drug-likeness (QED) is 0.584. The van der Waals surface area contributed by atoms with Crippen molar-refractivity contribution in [2.45, 2.75) is 76.9 Å². The van der Waals surface area contributed by atoms with Crippen molar-refractivity contribution in [2.75, 3.05) is 6.61 Å². The molecule has 0 spiro atoms. The Morgan fingerprint density at radius 2 is 1.67 bits per heavy atom. The average molecular weight is 352 g/mol. The monoisotopic (exact) mass is 352 g/mol. The second-order valence-electron chi connectivity index (χ2n) is 7.32. The van der Waals surface area contributed by atoms with Crippen molar-refractivity contribution in [3.63, 3.8) is 0 Å². The summed E-state index contributed by atoms with van der Waals surface area (Å²) in [7, 11) is 0. The Morgan fingerprint density at radius 3 is 2.08 bits per heavy atom. The minimum atomic E-state index is -4.74. The van der Waals surface area contributed by atoms with Crippen molar-refractivity contribution in [1.29, 1.82) is 0 Å². The highest BCUT2D eigenvalue weighted by molar-refractivity contribution is 5.87. The SMILES string of the molecule is C=C(C)C(=O)OC1CCC(C(C)(C)OCC(C)(O)C(F)(F)F)CC1. The summed E-state index contributed by atoms with van der Waals surface area (Å²) in [5, 5.41) is 9.49. The van der Waals surface area contributed by atoms with E-state index in [-0.39, 0.29) is 12.0 Å². The molecule has 1 rings (SSSR count).